The van der Waals surface area contributed by atoms with E-state index in [1.807, 2.05) is 36.4 Å². The van der Waals surface area contributed by atoms with E-state index < -0.39 is 0 Å². The number of carbonyl (C=O) groups is 1. The molecule has 3 rings (SSSR count). The molecule has 0 saturated carbocycles. The Bertz CT molecular complexity index is 591. The first kappa shape index (κ1) is 12.9. The van der Waals surface area contributed by atoms with Gasteiger partial charge in [0, 0.05) is 18.7 Å². The summed E-state index contributed by atoms with van der Waals surface area (Å²) in [6.45, 7) is 0.753. The molecule has 0 amide bonds. The molecule has 1 N–H and O–H groups in total. The van der Waals surface area contributed by atoms with Crippen molar-refractivity contribution in [2.75, 3.05) is 11.9 Å². The van der Waals surface area contributed by atoms with Gasteiger partial charge in [-0.25, -0.2) is 0 Å². The largest absolute Gasteiger partial charge is 0.384 e. The lowest BCUT2D eigenvalue weighted by Crippen LogP contribution is -2.14. The second-order valence-corrected chi connectivity index (χ2v) is 5.33. The van der Waals surface area contributed by atoms with Gasteiger partial charge in [-0.15, -0.1) is 0 Å². The van der Waals surface area contributed by atoms with Gasteiger partial charge in [0.05, 0.1) is 5.92 Å². The molecule has 0 aliphatic carbocycles. The van der Waals surface area contributed by atoms with Gasteiger partial charge < -0.3 is 5.32 Å². The fourth-order valence-corrected chi connectivity index (χ4v) is 2.86. The summed E-state index contributed by atoms with van der Waals surface area (Å²) in [5.74, 6) is 0.403. The molecule has 2 aromatic carbocycles. The van der Waals surface area contributed by atoms with Gasteiger partial charge in [0.2, 0.25) is 0 Å². The third-order valence-electron chi connectivity index (χ3n) is 3.95. The van der Waals surface area contributed by atoms with Gasteiger partial charge in [-0.05, 0) is 30.0 Å². The maximum atomic E-state index is 12.4. The third kappa shape index (κ3) is 2.74. The van der Waals surface area contributed by atoms with Crippen molar-refractivity contribution in [3.05, 3.63) is 65.7 Å². The lowest BCUT2D eigenvalue weighted by Gasteiger charge is -2.09. The Balaban J connectivity index is 1.56. The average molecular weight is 265 g/mol. The zero-order valence-corrected chi connectivity index (χ0v) is 11.5. The standard InChI is InChI=1S/C18H19NO/c20-18(12-6-9-14-7-2-1-3-8-14)16-13-19-17-11-5-4-10-15(16)17/h1-5,7-8,10-11,16,19H,6,9,12-13H2. The average Bonchev–Trinajstić information content (AvgIpc) is 2.92. The predicted octanol–water partition coefficient (Wildman–Crippen LogP) is 3.79. The lowest BCUT2D eigenvalue weighted by molar-refractivity contribution is -0.120. The fraction of sp³-hybridized carbons (Fsp3) is 0.278. The Kier molecular flexibility index (Phi) is 3.82. The van der Waals surface area contributed by atoms with E-state index in [2.05, 4.69) is 23.5 Å². The number of rotatable bonds is 5. The van der Waals surface area contributed by atoms with Crippen LogP contribution in [0.3, 0.4) is 0 Å². The van der Waals surface area contributed by atoms with Crippen LogP contribution in [0.2, 0.25) is 0 Å². The van der Waals surface area contributed by atoms with Crippen LogP contribution < -0.4 is 5.32 Å². The fourth-order valence-electron chi connectivity index (χ4n) is 2.86. The Morgan fingerprint density at radius 2 is 1.80 bits per heavy atom. The van der Waals surface area contributed by atoms with E-state index in [1.165, 1.54) is 5.56 Å². The summed E-state index contributed by atoms with van der Waals surface area (Å²) in [7, 11) is 0. The van der Waals surface area contributed by atoms with Gasteiger partial charge in [0.1, 0.15) is 5.78 Å². The quantitative estimate of drug-likeness (QED) is 0.891. The number of para-hydroxylation sites is 1. The van der Waals surface area contributed by atoms with Crippen LogP contribution in [0.1, 0.15) is 29.9 Å². The number of benzene rings is 2. The number of carbonyl (C=O) groups excluding carboxylic acids is 1. The predicted molar refractivity (Wildman–Crippen MR) is 82.1 cm³/mol. The molecule has 0 saturated heterocycles. The summed E-state index contributed by atoms with van der Waals surface area (Å²) in [6.07, 6.45) is 2.57. The Morgan fingerprint density at radius 3 is 2.65 bits per heavy atom. The van der Waals surface area contributed by atoms with Gasteiger partial charge in [0.25, 0.3) is 0 Å². The smallest absolute Gasteiger partial charge is 0.142 e. The Morgan fingerprint density at radius 1 is 1.05 bits per heavy atom. The van der Waals surface area contributed by atoms with Crippen LogP contribution in [0.5, 0.6) is 0 Å². The number of Topliss-reactive ketones (excluding diaryl/α,β-unsaturated/α-hetero) is 1. The number of aryl methyl sites for hydroxylation is 1. The van der Waals surface area contributed by atoms with E-state index in [9.17, 15) is 4.79 Å². The van der Waals surface area contributed by atoms with Crippen LogP contribution in [0.15, 0.2) is 54.6 Å². The van der Waals surface area contributed by atoms with Crippen LogP contribution in [-0.4, -0.2) is 12.3 Å². The number of anilines is 1. The highest BCUT2D eigenvalue weighted by atomic mass is 16.1. The summed E-state index contributed by atoms with van der Waals surface area (Å²) < 4.78 is 0. The lowest BCUT2D eigenvalue weighted by atomic mass is 9.93. The van der Waals surface area contributed by atoms with E-state index in [4.69, 9.17) is 0 Å². The minimum absolute atomic E-state index is 0.0435. The molecule has 1 aliphatic rings. The van der Waals surface area contributed by atoms with Crippen molar-refractivity contribution in [2.45, 2.75) is 25.2 Å². The molecule has 1 unspecified atom stereocenters. The first-order chi connectivity index (χ1) is 9.84. The van der Waals surface area contributed by atoms with E-state index in [1.54, 1.807) is 0 Å². The number of ketones is 1. The second-order valence-electron chi connectivity index (χ2n) is 5.33. The molecule has 0 spiro atoms. The normalized spacial score (nSPS) is 16.5. The number of fused-ring (bicyclic) bond motifs is 1. The van der Waals surface area contributed by atoms with Crippen molar-refractivity contribution >= 4 is 11.5 Å². The van der Waals surface area contributed by atoms with Crippen molar-refractivity contribution in [1.29, 1.82) is 0 Å². The molecule has 0 aromatic heterocycles. The van der Waals surface area contributed by atoms with Gasteiger partial charge in [-0.1, -0.05) is 48.5 Å². The summed E-state index contributed by atoms with van der Waals surface area (Å²) in [5, 5.41) is 3.32. The molecule has 2 nitrogen and oxygen atoms in total. The monoisotopic (exact) mass is 265 g/mol. The van der Waals surface area contributed by atoms with Crippen molar-refractivity contribution in [2.24, 2.45) is 0 Å². The molecule has 0 fully saturated rings. The molecule has 102 valence electrons. The van der Waals surface area contributed by atoms with Gasteiger partial charge in [-0.3, -0.25) is 4.79 Å². The van der Waals surface area contributed by atoms with Gasteiger partial charge >= 0.3 is 0 Å². The zero-order chi connectivity index (χ0) is 13.8. The maximum Gasteiger partial charge on any atom is 0.142 e. The summed E-state index contributed by atoms with van der Waals surface area (Å²) in [6, 6.07) is 18.5. The van der Waals surface area contributed by atoms with Gasteiger partial charge in [0.15, 0.2) is 0 Å². The number of nitrogens with one attached hydrogen (secondary N) is 1. The first-order valence-electron chi connectivity index (χ1n) is 7.24. The van der Waals surface area contributed by atoms with Crippen LogP contribution in [-0.2, 0) is 11.2 Å². The minimum atomic E-state index is 0.0435. The summed E-state index contributed by atoms with van der Waals surface area (Å²) >= 11 is 0. The van der Waals surface area contributed by atoms with Crippen LogP contribution in [0.4, 0.5) is 5.69 Å². The topological polar surface area (TPSA) is 29.1 Å². The molecular formula is C18H19NO. The molecule has 2 heteroatoms. The molecule has 20 heavy (non-hydrogen) atoms. The van der Waals surface area contributed by atoms with E-state index in [-0.39, 0.29) is 5.92 Å². The van der Waals surface area contributed by atoms with Crippen molar-refractivity contribution in [3.8, 4) is 0 Å². The van der Waals surface area contributed by atoms with E-state index >= 15 is 0 Å². The zero-order valence-electron chi connectivity index (χ0n) is 11.5. The molecule has 0 radical (unpaired) electrons. The highest BCUT2D eigenvalue weighted by Gasteiger charge is 2.27. The second kappa shape index (κ2) is 5.91. The molecular weight excluding hydrogens is 246 g/mol. The summed E-state index contributed by atoms with van der Waals surface area (Å²) in [4.78, 5) is 12.4. The van der Waals surface area contributed by atoms with Crippen molar-refractivity contribution in [1.82, 2.24) is 0 Å². The SMILES string of the molecule is O=C(CCCc1ccccc1)C1CNc2ccccc21. The molecule has 1 heterocycles. The van der Waals surface area contributed by atoms with Crippen molar-refractivity contribution in [3.63, 3.8) is 0 Å². The van der Waals surface area contributed by atoms with Crippen LogP contribution in [0, 0.1) is 0 Å². The van der Waals surface area contributed by atoms with E-state index in [0.29, 0.717) is 12.2 Å². The highest BCUT2D eigenvalue weighted by Crippen LogP contribution is 2.32. The molecule has 1 aliphatic heterocycles. The molecule has 1 atom stereocenters. The summed E-state index contributed by atoms with van der Waals surface area (Å²) in [5.41, 5.74) is 3.59. The number of hydrogen-bond donors (Lipinski definition) is 1. The van der Waals surface area contributed by atoms with Crippen molar-refractivity contribution < 1.29 is 4.79 Å². The third-order valence-corrected chi connectivity index (χ3v) is 3.95. The molecule has 2 aromatic rings. The Hall–Kier alpha value is -2.09. The maximum absolute atomic E-state index is 12.4. The minimum Gasteiger partial charge on any atom is -0.384 e. The van der Waals surface area contributed by atoms with Gasteiger partial charge in [-0.2, -0.15) is 0 Å². The van der Waals surface area contributed by atoms with Crippen LogP contribution in [0.25, 0.3) is 0 Å². The van der Waals surface area contributed by atoms with Crippen LogP contribution >= 0.6 is 0 Å². The number of hydrogen-bond acceptors (Lipinski definition) is 2. The highest BCUT2D eigenvalue weighted by molar-refractivity contribution is 5.89. The first-order valence-corrected chi connectivity index (χ1v) is 7.24. The van der Waals surface area contributed by atoms with E-state index in [0.717, 1.165) is 30.6 Å². The molecule has 0 bridgehead atoms. The Labute approximate surface area is 119 Å².